The van der Waals surface area contributed by atoms with E-state index in [-0.39, 0.29) is 11.8 Å². The zero-order chi connectivity index (χ0) is 21.8. The van der Waals surface area contributed by atoms with E-state index in [1.165, 1.54) is 6.20 Å². The molecule has 8 nitrogen and oxygen atoms in total. The molecule has 1 aliphatic carbocycles. The van der Waals surface area contributed by atoms with Crippen LogP contribution in [0.4, 0.5) is 11.5 Å². The molecule has 30 heavy (non-hydrogen) atoms. The summed E-state index contributed by atoms with van der Waals surface area (Å²) >= 11 is 0. The smallest absolute Gasteiger partial charge is 0.247 e. The predicted molar refractivity (Wildman–Crippen MR) is 120 cm³/mol. The minimum absolute atomic E-state index is 0.0582. The van der Waals surface area contributed by atoms with Gasteiger partial charge in [0.25, 0.3) is 0 Å². The highest BCUT2D eigenvalue weighted by molar-refractivity contribution is 6.06. The number of aromatic nitrogens is 4. The fraction of sp³-hybridized carbons (Fsp3) is 0.409. The van der Waals surface area contributed by atoms with E-state index in [2.05, 4.69) is 28.6 Å². The number of allylic oxidation sites excluding steroid dienone is 1. The minimum Gasteiger partial charge on any atom is -0.347 e. The van der Waals surface area contributed by atoms with Gasteiger partial charge in [-0.1, -0.05) is 27.0 Å². The number of nitrogens with zero attached hydrogens (tertiary/aromatic N) is 6. The summed E-state index contributed by atoms with van der Waals surface area (Å²) in [6.45, 7) is 11.5. The highest BCUT2D eigenvalue weighted by Crippen LogP contribution is 2.31. The Labute approximate surface area is 177 Å². The molecule has 1 unspecified atom stereocenters. The second-order valence-electron chi connectivity index (χ2n) is 7.74. The first kappa shape index (κ1) is 21.4. The molecular formula is C22H29N7O. The summed E-state index contributed by atoms with van der Waals surface area (Å²) in [5.41, 5.74) is 3.34. The van der Waals surface area contributed by atoms with E-state index >= 15 is 0 Å². The zero-order valence-electron chi connectivity index (χ0n) is 18.1. The van der Waals surface area contributed by atoms with E-state index in [0.29, 0.717) is 17.2 Å². The summed E-state index contributed by atoms with van der Waals surface area (Å²) in [5.74, 6) is 1.23. The van der Waals surface area contributed by atoms with Gasteiger partial charge in [-0.05, 0) is 31.3 Å². The van der Waals surface area contributed by atoms with Crippen molar-refractivity contribution in [2.24, 2.45) is 18.0 Å². The molecule has 2 aromatic rings. The van der Waals surface area contributed by atoms with Gasteiger partial charge in [-0.3, -0.25) is 14.5 Å². The molecule has 2 heterocycles. The average Bonchev–Trinajstić information content (AvgIpc) is 3.33. The Morgan fingerprint density at radius 1 is 1.33 bits per heavy atom. The van der Waals surface area contributed by atoms with Gasteiger partial charge in [0.15, 0.2) is 5.82 Å². The Morgan fingerprint density at radius 3 is 2.70 bits per heavy atom. The average molecular weight is 408 g/mol. The Bertz CT molecular complexity index is 989. The van der Waals surface area contributed by atoms with Gasteiger partial charge in [-0.15, -0.1) is 0 Å². The molecule has 1 atom stereocenters. The normalized spacial score (nSPS) is 14.4. The second kappa shape index (κ2) is 9.02. The van der Waals surface area contributed by atoms with Crippen molar-refractivity contribution in [3.8, 4) is 0 Å². The molecule has 3 rings (SSSR count). The first-order valence-electron chi connectivity index (χ1n) is 10.1. The fourth-order valence-corrected chi connectivity index (χ4v) is 3.88. The third kappa shape index (κ3) is 4.32. The van der Waals surface area contributed by atoms with Crippen LogP contribution in [-0.2, 0) is 24.7 Å². The van der Waals surface area contributed by atoms with Crippen molar-refractivity contribution < 1.29 is 4.79 Å². The van der Waals surface area contributed by atoms with Crippen molar-refractivity contribution in [1.29, 1.82) is 0 Å². The quantitative estimate of drug-likeness (QED) is 0.680. The maximum atomic E-state index is 13.2. The molecule has 0 fully saturated rings. The van der Waals surface area contributed by atoms with Gasteiger partial charge in [-0.2, -0.15) is 5.10 Å². The van der Waals surface area contributed by atoms with Crippen LogP contribution in [-0.4, -0.2) is 44.5 Å². The van der Waals surface area contributed by atoms with Crippen LogP contribution in [0.15, 0.2) is 42.8 Å². The largest absolute Gasteiger partial charge is 0.347 e. The molecule has 0 saturated heterocycles. The number of amides is 1. The van der Waals surface area contributed by atoms with Gasteiger partial charge in [0.2, 0.25) is 5.91 Å². The number of fused-ring (bicyclic) bond motifs is 1. The van der Waals surface area contributed by atoms with Crippen molar-refractivity contribution in [2.45, 2.75) is 39.2 Å². The summed E-state index contributed by atoms with van der Waals surface area (Å²) in [5, 5.41) is 7.09. The lowest BCUT2D eigenvalue weighted by molar-refractivity contribution is -0.118. The molecule has 0 bridgehead atoms. The third-order valence-electron chi connectivity index (χ3n) is 5.19. The summed E-state index contributed by atoms with van der Waals surface area (Å²) in [6.07, 6.45) is 9.29. The Balaban J connectivity index is 2.00. The molecule has 0 spiro atoms. The third-order valence-corrected chi connectivity index (χ3v) is 5.19. The number of nitrogens with one attached hydrogen (secondary N) is 1. The number of aryl methyl sites for hydroxylation is 2. The predicted octanol–water partition coefficient (Wildman–Crippen LogP) is 2.92. The lowest BCUT2D eigenvalue weighted by Gasteiger charge is -2.32. The van der Waals surface area contributed by atoms with Crippen LogP contribution in [0.1, 0.15) is 37.4 Å². The standard InChI is InChI=1S/C22H29N7O/c1-7-17(23-8-2)20-26-18-11-9-10-16(18)21(27-20)29(6)19(14(3)4)22(30)25-15-12-24-28(5)13-15/h7-8,12-14,19H,1-2,9-11H2,3-6H3,(H,25,30). The van der Waals surface area contributed by atoms with Crippen LogP contribution in [0.5, 0.6) is 0 Å². The molecule has 0 aromatic carbocycles. The van der Waals surface area contributed by atoms with Gasteiger partial charge in [0, 0.05) is 37.7 Å². The fourth-order valence-electron chi connectivity index (χ4n) is 3.88. The Hall–Kier alpha value is -3.29. The number of carbonyl (C=O) groups is 1. The number of hydrogen-bond donors (Lipinski definition) is 1. The van der Waals surface area contributed by atoms with Gasteiger partial charge < -0.3 is 10.2 Å². The number of aliphatic imine (C=N–C) groups is 1. The second-order valence-corrected chi connectivity index (χ2v) is 7.74. The highest BCUT2D eigenvalue weighted by Gasteiger charge is 2.32. The first-order chi connectivity index (χ1) is 14.3. The van der Waals surface area contributed by atoms with Gasteiger partial charge in [-0.25, -0.2) is 9.97 Å². The van der Waals surface area contributed by atoms with E-state index in [1.54, 1.807) is 23.2 Å². The van der Waals surface area contributed by atoms with Crippen LogP contribution in [0, 0.1) is 5.92 Å². The summed E-state index contributed by atoms with van der Waals surface area (Å²) in [4.78, 5) is 28.9. The van der Waals surface area contributed by atoms with Crippen molar-refractivity contribution in [3.63, 3.8) is 0 Å². The number of anilines is 2. The molecule has 158 valence electrons. The number of rotatable bonds is 8. The topological polar surface area (TPSA) is 88.3 Å². The van der Waals surface area contributed by atoms with Crippen molar-refractivity contribution in [1.82, 2.24) is 19.7 Å². The van der Waals surface area contributed by atoms with E-state index in [1.807, 2.05) is 32.8 Å². The lowest BCUT2D eigenvalue weighted by Crippen LogP contribution is -2.46. The molecule has 1 amide bonds. The monoisotopic (exact) mass is 407 g/mol. The highest BCUT2D eigenvalue weighted by atomic mass is 16.2. The van der Waals surface area contributed by atoms with E-state index < -0.39 is 6.04 Å². The molecule has 0 saturated carbocycles. The molecule has 1 N–H and O–H groups in total. The summed E-state index contributed by atoms with van der Waals surface area (Å²) in [6, 6.07) is -0.416. The lowest BCUT2D eigenvalue weighted by atomic mass is 10.0. The summed E-state index contributed by atoms with van der Waals surface area (Å²) < 4.78 is 1.66. The Kier molecular flexibility index (Phi) is 6.44. The van der Waals surface area contributed by atoms with Crippen LogP contribution < -0.4 is 10.2 Å². The Morgan fingerprint density at radius 2 is 2.10 bits per heavy atom. The van der Waals surface area contributed by atoms with Crippen LogP contribution in [0.3, 0.4) is 0 Å². The molecule has 0 radical (unpaired) electrons. The van der Waals surface area contributed by atoms with Crippen molar-refractivity contribution in [2.75, 3.05) is 17.3 Å². The van der Waals surface area contributed by atoms with Crippen LogP contribution in [0.25, 0.3) is 0 Å². The van der Waals surface area contributed by atoms with Crippen LogP contribution >= 0.6 is 0 Å². The van der Waals surface area contributed by atoms with Gasteiger partial charge in [0.05, 0.1) is 11.9 Å². The molecular weight excluding hydrogens is 378 g/mol. The van der Waals surface area contributed by atoms with Crippen molar-refractivity contribution in [3.05, 3.63) is 54.9 Å². The minimum atomic E-state index is -0.416. The number of carbonyl (C=O) groups excluding carboxylic acids is 1. The van der Waals surface area contributed by atoms with Gasteiger partial charge in [0.1, 0.15) is 17.6 Å². The van der Waals surface area contributed by atoms with Gasteiger partial charge >= 0.3 is 0 Å². The molecule has 1 aliphatic rings. The van der Waals surface area contributed by atoms with Crippen molar-refractivity contribution >= 4 is 23.1 Å². The van der Waals surface area contributed by atoms with E-state index in [0.717, 1.165) is 36.3 Å². The van der Waals surface area contributed by atoms with E-state index in [9.17, 15) is 4.79 Å². The van der Waals surface area contributed by atoms with Crippen LogP contribution in [0.2, 0.25) is 0 Å². The maximum Gasteiger partial charge on any atom is 0.247 e. The summed E-state index contributed by atoms with van der Waals surface area (Å²) in [7, 11) is 3.73. The first-order valence-corrected chi connectivity index (χ1v) is 10.1. The number of likely N-dealkylation sites (N-methyl/N-ethyl adjacent to an activating group) is 1. The molecule has 0 aliphatic heterocycles. The maximum absolute atomic E-state index is 13.2. The SMILES string of the molecule is C=CN=C(C=C)c1nc2c(c(N(C)C(C(=O)Nc3cnn(C)c3)C(C)C)n1)CCC2. The molecule has 2 aromatic heterocycles. The molecule has 8 heteroatoms. The number of hydrogen-bond acceptors (Lipinski definition) is 6. The van der Waals surface area contributed by atoms with E-state index in [4.69, 9.17) is 9.97 Å². The zero-order valence-corrected chi connectivity index (χ0v) is 18.1.